The standard InChI is InChI=1S/C76H50N4/c1-3-23-56(24-4-1)79-71-33-17-15-27-63(71)69-49-61(43-45-73(69)79)77(59-41-35-51-19-7-9-21-54(51)47-59)58-39-37-53(38-40-58)75-65-29-11-13-31-67(65)76(68-32-14-12-30-66(68)75)78(60-42-36-52-20-8-10-22-55(52)48-60)62-44-46-74-70(50-62)64-28-16-18-34-72(64)80(74)57-25-5-2-6-26-57/h1-50H. The maximum Gasteiger partial charge on any atom is 0.0618 e. The summed E-state index contributed by atoms with van der Waals surface area (Å²) in [5.74, 6) is 0. The van der Waals surface area contributed by atoms with Crippen LogP contribution in [0.2, 0.25) is 0 Å². The molecule has 0 spiro atoms. The molecule has 374 valence electrons. The molecule has 0 aliphatic rings. The molecule has 16 rings (SSSR count). The van der Waals surface area contributed by atoms with Crippen LogP contribution < -0.4 is 9.80 Å². The lowest BCUT2D eigenvalue weighted by atomic mass is 9.89. The molecule has 0 atom stereocenters. The van der Waals surface area contributed by atoms with Crippen molar-refractivity contribution in [3.05, 3.63) is 303 Å². The SMILES string of the molecule is c1ccc(-n2c3ccccc3c3cc(N(c4ccc(-c5c6ccccc6c(N(c6ccc7ccccc7c6)c6ccc7c(c6)c6ccccc6n7-c6ccccc6)c6ccccc56)cc4)c4ccc5ccccc5c4)ccc32)cc1. The average molecular weight is 1020 g/mol. The zero-order valence-corrected chi connectivity index (χ0v) is 43.7. The van der Waals surface area contributed by atoms with E-state index in [2.05, 4.69) is 322 Å². The van der Waals surface area contributed by atoms with Crippen LogP contribution in [-0.4, -0.2) is 9.13 Å². The summed E-state index contributed by atoms with van der Waals surface area (Å²) < 4.78 is 4.78. The first kappa shape index (κ1) is 45.5. The highest BCUT2D eigenvalue weighted by Gasteiger charge is 2.25. The molecule has 0 saturated carbocycles. The molecule has 2 aromatic heterocycles. The summed E-state index contributed by atoms with van der Waals surface area (Å²) in [6.45, 7) is 0. The van der Waals surface area contributed by atoms with Gasteiger partial charge in [0.05, 0.1) is 27.8 Å². The summed E-state index contributed by atoms with van der Waals surface area (Å²) >= 11 is 0. The molecule has 0 aliphatic heterocycles. The molecule has 2 heterocycles. The van der Waals surface area contributed by atoms with E-state index in [-0.39, 0.29) is 0 Å². The van der Waals surface area contributed by atoms with Crippen molar-refractivity contribution >= 4 is 121 Å². The molecule has 0 unspecified atom stereocenters. The topological polar surface area (TPSA) is 16.3 Å². The van der Waals surface area contributed by atoms with E-state index in [1.54, 1.807) is 0 Å². The second-order valence-electron chi connectivity index (χ2n) is 20.9. The fraction of sp³-hybridized carbons (Fsp3) is 0. The van der Waals surface area contributed by atoms with Crippen molar-refractivity contribution < 1.29 is 0 Å². The zero-order chi connectivity index (χ0) is 52.7. The molecule has 0 fully saturated rings. The van der Waals surface area contributed by atoms with Crippen LogP contribution in [0.4, 0.5) is 34.1 Å². The van der Waals surface area contributed by atoms with Gasteiger partial charge in [-0.15, -0.1) is 0 Å². The molecule has 0 saturated heterocycles. The first-order valence-corrected chi connectivity index (χ1v) is 27.5. The number of anilines is 6. The number of aromatic nitrogens is 2. The highest BCUT2D eigenvalue weighted by Crippen LogP contribution is 2.50. The maximum absolute atomic E-state index is 2.51. The van der Waals surface area contributed by atoms with E-state index in [9.17, 15) is 0 Å². The van der Waals surface area contributed by atoms with Gasteiger partial charge in [-0.1, -0.05) is 194 Å². The monoisotopic (exact) mass is 1020 g/mol. The normalized spacial score (nSPS) is 11.8. The number of rotatable bonds is 9. The van der Waals surface area contributed by atoms with Crippen molar-refractivity contribution in [2.75, 3.05) is 9.80 Å². The number of fused-ring (bicyclic) bond motifs is 10. The van der Waals surface area contributed by atoms with Crippen molar-refractivity contribution in [1.82, 2.24) is 9.13 Å². The smallest absolute Gasteiger partial charge is 0.0618 e. The summed E-state index contributed by atoms with van der Waals surface area (Å²) in [5, 5.41) is 14.4. The molecular weight excluding hydrogens is 969 g/mol. The molecule has 0 N–H and O–H groups in total. The molecule has 80 heavy (non-hydrogen) atoms. The van der Waals surface area contributed by atoms with E-state index in [4.69, 9.17) is 0 Å². The molecule has 4 nitrogen and oxygen atoms in total. The molecule has 0 amide bonds. The van der Waals surface area contributed by atoms with E-state index in [0.717, 1.165) is 51.1 Å². The van der Waals surface area contributed by atoms with Gasteiger partial charge in [-0.2, -0.15) is 0 Å². The van der Waals surface area contributed by atoms with Gasteiger partial charge < -0.3 is 18.9 Å². The minimum atomic E-state index is 1.08. The highest BCUT2D eigenvalue weighted by molar-refractivity contribution is 6.23. The lowest BCUT2D eigenvalue weighted by molar-refractivity contribution is 1.18. The van der Waals surface area contributed by atoms with Gasteiger partial charge in [-0.05, 0) is 153 Å². The van der Waals surface area contributed by atoms with Crippen LogP contribution in [0.1, 0.15) is 0 Å². The fourth-order valence-corrected chi connectivity index (χ4v) is 12.8. The number of benzene rings is 14. The van der Waals surface area contributed by atoms with Crippen molar-refractivity contribution in [2.45, 2.75) is 0 Å². The quantitative estimate of drug-likeness (QED) is 0.134. The Bertz CT molecular complexity index is 5020. The third kappa shape index (κ3) is 7.31. The number of hydrogen-bond acceptors (Lipinski definition) is 2. The Labute approximate surface area is 463 Å². The Morgan fingerprint density at radius 1 is 0.212 bits per heavy atom. The van der Waals surface area contributed by atoms with E-state index in [1.165, 1.54) is 92.3 Å². The van der Waals surface area contributed by atoms with Crippen LogP contribution in [0.15, 0.2) is 303 Å². The van der Waals surface area contributed by atoms with Crippen molar-refractivity contribution in [3.8, 4) is 22.5 Å². The van der Waals surface area contributed by atoms with Crippen LogP contribution >= 0.6 is 0 Å². The second kappa shape index (κ2) is 18.5. The molecule has 4 heteroatoms. The Hall–Kier alpha value is -10.7. The molecule has 0 radical (unpaired) electrons. The summed E-state index contributed by atoms with van der Waals surface area (Å²) in [4.78, 5) is 4.92. The lowest BCUT2D eigenvalue weighted by Crippen LogP contribution is -2.12. The Morgan fingerprint density at radius 2 is 0.562 bits per heavy atom. The lowest BCUT2D eigenvalue weighted by Gasteiger charge is -2.30. The van der Waals surface area contributed by atoms with E-state index in [0.29, 0.717) is 0 Å². The number of nitrogens with zero attached hydrogens (tertiary/aromatic N) is 4. The molecule has 16 aromatic rings. The third-order valence-corrected chi connectivity index (χ3v) is 16.4. The minimum absolute atomic E-state index is 1.08. The Kier molecular flexibility index (Phi) is 10.5. The summed E-state index contributed by atoms with van der Waals surface area (Å²) in [7, 11) is 0. The number of para-hydroxylation sites is 4. The van der Waals surface area contributed by atoms with Crippen LogP contribution in [0.5, 0.6) is 0 Å². The van der Waals surface area contributed by atoms with Crippen molar-refractivity contribution in [2.24, 2.45) is 0 Å². The van der Waals surface area contributed by atoms with Crippen LogP contribution in [0.3, 0.4) is 0 Å². The Morgan fingerprint density at radius 3 is 1.06 bits per heavy atom. The summed E-state index contributed by atoms with van der Waals surface area (Å²) in [6.07, 6.45) is 0. The minimum Gasteiger partial charge on any atom is -0.310 e. The first-order chi connectivity index (χ1) is 39.7. The predicted molar refractivity (Wildman–Crippen MR) is 340 cm³/mol. The van der Waals surface area contributed by atoms with E-state index in [1.807, 2.05) is 0 Å². The fourth-order valence-electron chi connectivity index (χ4n) is 12.8. The van der Waals surface area contributed by atoms with Crippen molar-refractivity contribution in [3.63, 3.8) is 0 Å². The molecular formula is C76H50N4. The van der Waals surface area contributed by atoms with E-state index < -0.39 is 0 Å². The third-order valence-electron chi connectivity index (χ3n) is 16.4. The van der Waals surface area contributed by atoms with Crippen molar-refractivity contribution in [1.29, 1.82) is 0 Å². The largest absolute Gasteiger partial charge is 0.310 e. The second-order valence-corrected chi connectivity index (χ2v) is 20.9. The number of hydrogen-bond donors (Lipinski definition) is 0. The molecule has 0 aliphatic carbocycles. The molecule has 0 bridgehead atoms. The van der Waals surface area contributed by atoms with Gasteiger partial charge in [0.25, 0.3) is 0 Å². The van der Waals surface area contributed by atoms with Gasteiger partial charge in [-0.3, -0.25) is 0 Å². The Balaban J connectivity index is 0.885. The van der Waals surface area contributed by atoms with Crippen LogP contribution in [0, 0.1) is 0 Å². The first-order valence-electron chi connectivity index (χ1n) is 27.5. The van der Waals surface area contributed by atoms with E-state index >= 15 is 0 Å². The van der Waals surface area contributed by atoms with Gasteiger partial charge in [0.1, 0.15) is 0 Å². The van der Waals surface area contributed by atoms with Gasteiger partial charge in [0, 0.05) is 72.1 Å². The zero-order valence-electron chi connectivity index (χ0n) is 43.7. The van der Waals surface area contributed by atoms with Crippen LogP contribution in [-0.2, 0) is 0 Å². The van der Waals surface area contributed by atoms with Gasteiger partial charge in [0.2, 0.25) is 0 Å². The van der Waals surface area contributed by atoms with Gasteiger partial charge >= 0.3 is 0 Å². The summed E-state index contributed by atoms with van der Waals surface area (Å²) in [6, 6.07) is 111. The van der Waals surface area contributed by atoms with Gasteiger partial charge in [-0.25, -0.2) is 0 Å². The van der Waals surface area contributed by atoms with Gasteiger partial charge in [0.15, 0.2) is 0 Å². The maximum atomic E-state index is 2.51. The highest BCUT2D eigenvalue weighted by atomic mass is 15.2. The average Bonchev–Trinajstić information content (AvgIpc) is 4.20. The molecule has 14 aromatic carbocycles. The predicted octanol–water partition coefficient (Wildman–Crippen LogP) is 21.1. The van der Waals surface area contributed by atoms with Crippen LogP contribution in [0.25, 0.3) is 109 Å². The summed E-state index contributed by atoms with van der Waals surface area (Å²) in [5.41, 5.74) is 16.0.